The van der Waals surface area contributed by atoms with Gasteiger partial charge in [0.05, 0.1) is 0 Å². The molecule has 0 fully saturated rings. The van der Waals surface area contributed by atoms with E-state index in [-0.39, 0.29) is 19.0 Å². The minimum atomic E-state index is -2.63. The zero-order chi connectivity index (χ0) is 7.44. The molecule has 0 rings (SSSR count). The number of nitrogens with zero attached hydrogens (tertiary/aromatic N) is 1. The van der Waals surface area contributed by atoms with Crippen molar-refractivity contribution in [3.05, 3.63) is 0 Å². The molecular weight excluding hydrogens is 164 g/mol. The van der Waals surface area contributed by atoms with Gasteiger partial charge < -0.3 is 10.0 Å². The van der Waals surface area contributed by atoms with Gasteiger partial charge in [-0.3, -0.25) is 0 Å². The van der Waals surface area contributed by atoms with Crippen LogP contribution in [-0.4, -0.2) is 43.2 Å². The van der Waals surface area contributed by atoms with E-state index in [2.05, 4.69) is 0 Å². The lowest BCUT2D eigenvalue weighted by atomic mass is 10.3. The first kappa shape index (κ1) is 12.7. The molecule has 1 N–H and O–H groups in total. The maximum atomic E-state index is 11.5. The molecule has 0 amide bonds. The Morgan fingerprint density at radius 3 is 1.90 bits per heavy atom. The molecule has 1 unspecified atom stereocenters. The van der Waals surface area contributed by atoms with Gasteiger partial charge in [-0.2, -0.15) is 0 Å². The molecule has 64 valence electrons. The third-order valence-corrected chi connectivity index (χ3v) is 0.843. The molecule has 0 aliphatic heterocycles. The highest BCUT2D eigenvalue weighted by Crippen LogP contribution is 2.00. The number of hydrogen-bond acceptors (Lipinski definition) is 2. The summed E-state index contributed by atoms with van der Waals surface area (Å²) in [6.07, 6.45) is -4.15. The van der Waals surface area contributed by atoms with Gasteiger partial charge in [-0.05, 0) is 14.1 Å². The molecule has 0 aromatic carbocycles. The summed E-state index contributed by atoms with van der Waals surface area (Å²) in [6, 6.07) is 0. The maximum Gasteiger partial charge on any atom is 0.265 e. The summed E-state index contributed by atoms with van der Waals surface area (Å²) in [4.78, 5) is 1.51. The van der Waals surface area contributed by atoms with E-state index in [1.807, 2.05) is 0 Å². The molecule has 0 heterocycles. The molecule has 0 bridgehead atoms. The first-order chi connectivity index (χ1) is 4.04. The van der Waals surface area contributed by atoms with Gasteiger partial charge in [0.15, 0.2) is 0 Å². The third-order valence-electron chi connectivity index (χ3n) is 0.843. The van der Waals surface area contributed by atoms with Crippen molar-refractivity contribution in [3.63, 3.8) is 0 Å². The lowest BCUT2D eigenvalue weighted by Gasteiger charge is -2.14. The molecular formula is C5H12ClF2NO. The quantitative estimate of drug-likeness (QED) is 0.679. The highest BCUT2D eigenvalue weighted by Gasteiger charge is 2.16. The second-order valence-corrected chi connectivity index (χ2v) is 2.16. The highest BCUT2D eigenvalue weighted by atomic mass is 35.5. The van der Waals surface area contributed by atoms with Crippen LogP contribution < -0.4 is 0 Å². The van der Waals surface area contributed by atoms with E-state index >= 15 is 0 Å². The second-order valence-electron chi connectivity index (χ2n) is 2.16. The van der Waals surface area contributed by atoms with Gasteiger partial charge >= 0.3 is 0 Å². The molecule has 0 aromatic rings. The van der Waals surface area contributed by atoms with Crippen molar-refractivity contribution >= 4 is 12.4 Å². The van der Waals surface area contributed by atoms with Crippen LogP contribution in [0.2, 0.25) is 0 Å². The van der Waals surface area contributed by atoms with E-state index in [1.165, 1.54) is 4.90 Å². The number of likely N-dealkylation sites (N-methyl/N-ethyl adjacent to an activating group) is 1. The number of hydrogen-bond donors (Lipinski definition) is 1. The Bertz CT molecular complexity index is 82.0. The van der Waals surface area contributed by atoms with Gasteiger partial charge in [-0.15, -0.1) is 12.4 Å². The molecule has 0 saturated heterocycles. The Morgan fingerprint density at radius 1 is 1.40 bits per heavy atom. The number of aliphatic hydroxyl groups is 1. The standard InChI is InChI=1S/C5H11F2NO.ClH/c1-8(2)3-4(9)5(6)7;/h4-5,9H,3H2,1-2H3;1H. The van der Waals surface area contributed by atoms with Crippen molar-refractivity contribution in [1.82, 2.24) is 4.90 Å². The summed E-state index contributed by atoms with van der Waals surface area (Å²) in [6.45, 7) is 0.0116. The van der Waals surface area contributed by atoms with Crippen LogP contribution in [0.5, 0.6) is 0 Å². The Kier molecular flexibility index (Phi) is 7.41. The average Bonchev–Trinajstić information content (AvgIpc) is 1.63. The summed E-state index contributed by atoms with van der Waals surface area (Å²) in [5.41, 5.74) is 0. The van der Waals surface area contributed by atoms with E-state index in [0.29, 0.717) is 0 Å². The predicted molar refractivity (Wildman–Crippen MR) is 37.8 cm³/mol. The largest absolute Gasteiger partial charge is 0.386 e. The van der Waals surface area contributed by atoms with Crippen molar-refractivity contribution in [2.75, 3.05) is 20.6 Å². The molecule has 0 aliphatic carbocycles. The van der Waals surface area contributed by atoms with Crippen LogP contribution in [0.4, 0.5) is 8.78 Å². The smallest absolute Gasteiger partial charge is 0.265 e. The van der Waals surface area contributed by atoms with Crippen LogP contribution in [0.15, 0.2) is 0 Å². The Morgan fingerprint density at radius 2 is 1.80 bits per heavy atom. The van der Waals surface area contributed by atoms with Gasteiger partial charge in [0.2, 0.25) is 0 Å². The molecule has 0 aliphatic rings. The van der Waals surface area contributed by atoms with Crippen molar-refractivity contribution in [2.45, 2.75) is 12.5 Å². The molecule has 0 aromatic heterocycles. The molecule has 5 heteroatoms. The number of alkyl halides is 2. The van der Waals surface area contributed by atoms with Crippen LogP contribution in [0.25, 0.3) is 0 Å². The van der Waals surface area contributed by atoms with E-state index in [1.54, 1.807) is 14.1 Å². The molecule has 0 saturated carbocycles. The molecule has 2 nitrogen and oxygen atoms in total. The van der Waals surface area contributed by atoms with E-state index < -0.39 is 12.5 Å². The SMILES string of the molecule is CN(C)CC(O)C(F)F.Cl. The van der Waals surface area contributed by atoms with E-state index in [4.69, 9.17) is 5.11 Å². The summed E-state index contributed by atoms with van der Waals surface area (Å²) in [5, 5.41) is 8.51. The Hall–Kier alpha value is 0.0700. The second kappa shape index (κ2) is 5.82. The predicted octanol–water partition coefficient (Wildman–Crippen LogP) is 0.596. The third kappa shape index (κ3) is 6.19. The van der Waals surface area contributed by atoms with Crippen molar-refractivity contribution in [3.8, 4) is 0 Å². The first-order valence-corrected chi connectivity index (χ1v) is 2.65. The molecule has 0 radical (unpaired) electrons. The summed E-state index contributed by atoms with van der Waals surface area (Å²) < 4.78 is 23.0. The zero-order valence-electron chi connectivity index (χ0n) is 5.92. The van der Waals surface area contributed by atoms with Crippen molar-refractivity contribution in [1.29, 1.82) is 0 Å². The van der Waals surface area contributed by atoms with Gasteiger partial charge in [-0.25, -0.2) is 8.78 Å². The fourth-order valence-corrected chi connectivity index (χ4v) is 0.454. The number of rotatable bonds is 3. The summed E-state index contributed by atoms with van der Waals surface area (Å²) >= 11 is 0. The normalized spacial score (nSPS) is 13.5. The lowest BCUT2D eigenvalue weighted by Crippen LogP contribution is -2.31. The fourth-order valence-electron chi connectivity index (χ4n) is 0.454. The zero-order valence-corrected chi connectivity index (χ0v) is 6.74. The van der Waals surface area contributed by atoms with Crippen LogP contribution in [0.3, 0.4) is 0 Å². The van der Waals surface area contributed by atoms with Gasteiger partial charge in [0, 0.05) is 6.54 Å². The Balaban J connectivity index is 0. The monoisotopic (exact) mass is 175 g/mol. The molecule has 0 spiro atoms. The minimum Gasteiger partial charge on any atom is -0.386 e. The van der Waals surface area contributed by atoms with Gasteiger partial charge in [-0.1, -0.05) is 0 Å². The summed E-state index contributed by atoms with van der Waals surface area (Å²) in [7, 11) is 3.26. The van der Waals surface area contributed by atoms with Gasteiger partial charge in [0.25, 0.3) is 6.43 Å². The van der Waals surface area contributed by atoms with Crippen LogP contribution in [0.1, 0.15) is 0 Å². The fraction of sp³-hybridized carbons (Fsp3) is 1.00. The number of halogens is 3. The van der Waals surface area contributed by atoms with Crippen LogP contribution >= 0.6 is 12.4 Å². The van der Waals surface area contributed by atoms with E-state index in [0.717, 1.165) is 0 Å². The minimum absolute atomic E-state index is 0. The molecule has 1 atom stereocenters. The van der Waals surface area contributed by atoms with Crippen molar-refractivity contribution in [2.24, 2.45) is 0 Å². The number of aliphatic hydroxyl groups excluding tert-OH is 1. The van der Waals surface area contributed by atoms with Crippen molar-refractivity contribution < 1.29 is 13.9 Å². The topological polar surface area (TPSA) is 23.5 Å². The van der Waals surface area contributed by atoms with Crippen LogP contribution in [0, 0.1) is 0 Å². The first-order valence-electron chi connectivity index (χ1n) is 2.65. The lowest BCUT2D eigenvalue weighted by molar-refractivity contribution is -0.0165. The van der Waals surface area contributed by atoms with E-state index in [9.17, 15) is 8.78 Å². The molecule has 10 heavy (non-hydrogen) atoms. The average molecular weight is 176 g/mol. The Labute approximate surface area is 65.2 Å². The highest BCUT2D eigenvalue weighted by molar-refractivity contribution is 5.85. The summed E-state index contributed by atoms with van der Waals surface area (Å²) in [5.74, 6) is 0. The van der Waals surface area contributed by atoms with Crippen LogP contribution in [-0.2, 0) is 0 Å². The van der Waals surface area contributed by atoms with Gasteiger partial charge in [0.1, 0.15) is 6.10 Å². The maximum absolute atomic E-state index is 11.5.